The summed E-state index contributed by atoms with van der Waals surface area (Å²) in [7, 11) is 0. The van der Waals surface area contributed by atoms with E-state index >= 15 is 0 Å². The Morgan fingerprint density at radius 2 is 2.06 bits per heavy atom. The molecule has 2 heteroatoms. The molecule has 0 aromatic heterocycles. The van der Waals surface area contributed by atoms with Gasteiger partial charge in [0.15, 0.2) is 0 Å². The fourth-order valence-electron chi connectivity index (χ4n) is 2.85. The van der Waals surface area contributed by atoms with Gasteiger partial charge in [0.2, 0.25) is 0 Å². The molecular weight excluding hydrogens is 220 g/mol. The zero-order valence-electron chi connectivity index (χ0n) is 11.4. The molecule has 0 radical (unpaired) electrons. The zero-order valence-corrected chi connectivity index (χ0v) is 11.4. The van der Waals surface area contributed by atoms with E-state index in [0.29, 0.717) is 12.3 Å². The van der Waals surface area contributed by atoms with Crippen molar-refractivity contribution in [2.45, 2.75) is 44.4 Å². The highest BCUT2D eigenvalue weighted by molar-refractivity contribution is 5.33. The van der Waals surface area contributed by atoms with Gasteiger partial charge in [0.25, 0.3) is 0 Å². The molecule has 0 atom stereocenters. The van der Waals surface area contributed by atoms with Gasteiger partial charge in [0.05, 0.1) is 6.07 Å². The Balaban J connectivity index is 2.36. The molecule has 0 bridgehead atoms. The topological polar surface area (TPSA) is 35.8 Å². The first-order valence-electron chi connectivity index (χ1n) is 6.86. The van der Waals surface area contributed by atoms with Crippen LogP contribution in [0.25, 0.3) is 0 Å². The molecule has 1 aliphatic heterocycles. The molecular formula is C16H22N2. The molecule has 0 aliphatic carbocycles. The average Bonchev–Trinajstić information content (AvgIpc) is 2.40. The van der Waals surface area contributed by atoms with Gasteiger partial charge in [-0.3, -0.25) is 0 Å². The maximum absolute atomic E-state index is 9.15. The number of piperidine rings is 1. The SMILES string of the molecule is CC(C)c1cccc(C2(CC#N)CCNCC2)c1. The maximum atomic E-state index is 9.15. The lowest BCUT2D eigenvalue weighted by Gasteiger charge is -2.36. The maximum Gasteiger partial charge on any atom is 0.0631 e. The van der Waals surface area contributed by atoms with Crippen molar-refractivity contribution in [1.29, 1.82) is 5.26 Å². The van der Waals surface area contributed by atoms with Crippen LogP contribution in [0.15, 0.2) is 24.3 Å². The lowest BCUT2D eigenvalue weighted by molar-refractivity contribution is 0.312. The molecule has 18 heavy (non-hydrogen) atoms. The van der Waals surface area contributed by atoms with Crippen molar-refractivity contribution in [3.63, 3.8) is 0 Å². The molecule has 0 saturated carbocycles. The first-order chi connectivity index (χ1) is 8.68. The first kappa shape index (κ1) is 13.1. The van der Waals surface area contributed by atoms with E-state index in [2.05, 4.69) is 49.5 Å². The molecule has 1 aliphatic rings. The van der Waals surface area contributed by atoms with E-state index in [0.717, 1.165) is 25.9 Å². The van der Waals surface area contributed by atoms with Crippen LogP contribution in [0.3, 0.4) is 0 Å². The van der Waals surface area contributed by atoms with Gasteiger partial charge >= 0.3 is 0 Å². The van der Waals surface area contributed by atoms with E-state index in [4.69, 9.17) is 5.26 Å². The summed E-state index contributed by atoms with van der Waals surface area (Å²) < 4.78 is 0. The van der Waals surface area contributed by atoms with Crippen molar-refractivity contribution in [2.75, 3.05) is 13.1 Å². The van der Waals surface area contributed by atoms with Crippen LogP contribution in [-0.4, -0.2) is 13.1 Å². The fraction of sp³-hybridized carbons (Fsp3) is 0.562. The van der Waals surface area contributed by atoms with Crippen LogP contribution in [0.1, 0.15) is 50.2 Å². The summed E-state index contributed by atoms with van der Waals surface area (Å²) in [5.41, 5.74) is 2.81. The Morgan fingerprint density at radius 3 is 2.67 bits per heavy atom. The third kappa shape index (κ3) is 2.57. The number of nitrogens with zero attached hydrogens (tertiary/aromatic N) is 1. The highest BCUT2D eigenvalue weighted by atomic mass is 14.9. The quantitative estimate of drug-likeness (QED) is 0.882. The minimum Gasteiger partial charge on any atom is -0.317 e. The molecule has 1 N–H and O–H groups in total. The van der Waals surface area contributed by atoms with Crippen molar-refractivity contribution < 1.29 is 0 Å². The molecule has 1 aromatic carbocycles. The largest absolute Gasteiger partial charge is 0.317 e. The molecule has 0 spiro atoms. The summed E-state index contributed by atoms with van der Waals surface area (Å²) in [6, 6.07) is 11.2. The fourth-order valence-corrected chi connectivity index (χ4v) is 2.85. The van der Waals surface area contributed by atoms with E-state index in [9.17, 15) is 0 Å². The summed E-state index contributed by atoms with van der Waals surface area (Å²) in [5.74, 6) is 0.547. The lowest BCUT2D eigenvalue weighted by atomic mass is 9.70. The zero-order chi connectivity index (χ0) is 13.0. The van der Waals surface area contributed by atoms with Gasteiger partial charge in [-0.05, 0) is 43.0 Å². The Labute approximate surface area is 110 Å². The first-order valence-corrected chi connectivity index (χ1v) is 6.86. The molecule has 2 rings (SSSR count). The number of benzene rings is 1. The Hall–Kier alpha value is -1.33. The summed E-state index contributed by atoms with van der Waals surface area (Å²) in [5, 5.41) is 12.5. The van der Waals surface area contributed by atoms with Crippen LogP contribution in [0, 0.1) is 11.3 Å². The minimum atomic E-state index is 0.0743. The van der Waals surface area contributed by atoms with Crippen LogP contribution in [0.2, 0.25) is 0 Å². The van der Waals surface area contributed by atoms with Gasteiger partial charge in [-0.25, -0.2) is 0 Å². The van der Waals surface area contributed by atoms with Crippen LogP contribution in [-0.2, 0) is 5.41 Å². The van der Waals surface area contributed by atoms with Gasteiger partial charge in [-0.2, -0.15) is 5.26 Å². The molecule has 2 nitrogen and oxygen atoms in total. The minimum absolute atomic E-state index is 0.0743. The van der Waals surface area contributed by atoms with Crippen molar-refractivity contribution in [3.8, 4) is 6.07 Å². The Bertz CT molecular complexity index is 437. The number of nitrogens with one attached hydrogen (secondary N) is 1. The lowest BCUT2D eigenvalue weighted by Crippen LogP contribution is -2.39. The predicted octanol–water partition coefficient (Wildman–Crippen LogP) is 3.34. The van der Waals surface area contributed by atoms with Crippen LogP contribution in [0.5, 0.6) is 0 Å². The summed E-state index contributed by atoms with van der Waals surface area (Å²) >= 11 is 0. The second kappa shape index (κ2) is 5.54. The van der Waals surface area contributed by atoms with Crippen molar-refractivity contribution in [1.82, 2.24) is 5.32 Å². The molecule has 0 unspecified atom stereocenters. The summed E-state index contributed by atoms with van der Waals surface area (Å²) in [6.07, 6.45) is 2.78. The van der Waals surface area contributed by atoms with E-state index in [1.54, 1.807) is 0 Å². The normalized spacial score (nSPS) is 18.6. The standard InChI is InChI=1S/C16H22N2/c1-13(2)14-4-3-5-15(12-14)16(6-9-17)7-10-18-11-8-16/h3-5,12-13,18H,6-8,10-11H2,1-2H3. The summed E-state index contributed by atoms with van der Waals surface area (Å²) in [4.78, 5) is 0. The summed E-state index contributed by atoms with van der Waals surface area (Å²) in [6.45, 7) is 6.48. The second-order valence-electron chi connectivity index (χ2n) is 5.65. The number of hydrogen-bond acceptors (Lipinski definition) is 2. The molecule has 0 amide bonds. The van der Waals surface area contributed by atoms with E-state index in [1.165, 1.54) is 11.1 Å². The van der Waals surface area contributed by atoms with E-state index in [1.807, 2.05) is 0 Å². The Morgan fingerprint density at radius 1 is 1.33 bits per heavy atom. The molecule has 1 heterocycles. The Kier molecular flexibility index (Phi) is 4.04. The smallest absolute Gasteiger partial charge is 0.0631 e. The number of hydrogen-bond donors (Lipinski definition) is 1. The highest BCUT2D eigenvalue weighted by Crippen LogP contribution is 2.37. The highest BCUT2D eigenvalue weighted by Gasteiger charge is 2.33. The number of nitriles is 1. The molecule has 1 aromatic rings. The van der Waals surface area contributed by atoms with Crippen molar-refractivity contribution >= 4 is 0 Å². The van der Waals surface area contributed by atoms with Crippen LogP contribution in [0.4, 0.5) is 0 Å². The average molecular weight is 242 g/mol. The second-order valence-corrected chi connectivity index (χ2v) is 5.65. The van der Waals surface area contributed by atoms with Gasteiger partial charge in [0, 0.05) is 11.8 Å². The van der Waals surface area contributed by atoms with E-state index < -0.39 is 0 Å². The third-order valence-electron chi connectivity index (χ3n) is 4.14. The third-order valence-corrected chi connectivity index (χ3v) is 4.14. The van der Waals surface area contributed by atoms with Gasteiger partial charge < -0.3 is 5.32 Å². The number of rotatable bonds is 3. The van der Waals surface area contributed by atoms with Gasteiger partial charge in [-0.1, -0.05) is 38.1 Å². The van der Waals surface area contributed by atoms with Crippen molar-refractivity contribution in [3.05, 3.63) is 35.4 Å². The molecule has 1 fully saturated rings. The van der Waals surface area contributed by atoms with Crippen LogP contribution < -0.4 is 5.32 Å². The monoisotopic (exact) mass is 242 g/mol. The molecule has 96 valence electrons. The van der Waals surface area contributed by atoms with Crippen LogP contribution >= 0.6 is 0 Å². The van der Waals surface area contributed by atoms with E-state index in [-0.39, 0.29) is 5.41 Å². The predicted molar refractivity (Wildman–Crippen MR) is 74.5 cm³/mol. The van der Waals surface area contributed by atoms with Gasteiger partial charge in [0.1, 0.15) is 0 Å². The van der Waals surface area contributed by atoms with Gasteiger partial charge in [-0.15, -0.1) is 0 Å². The molecule has 1 saturated heterocycles. The van der Waals surface area contributed by atoms with Crippen molar-refractivity contribution in [2.24, 2.45) is 0 Å².